The second-order valence-corrected chi connectivity index (χ2v) is 11.0. The number of nitrogens with zero attached hydrogens (tertiary/aromatic N) is 1. The highest BCUT2D eigenvalue weighted by molar-refractivity contribution is 7.88. The fourth-order valence-electron chi connectivity index (χ4n) is 5.20. The van der Waals surface area contributed by atoms with E-state index in [0.717, 1.165) is 24.0 Å². The van der Waals surface area contributed by atoms with Gasteiger partial charge in [0.2, 0.25) is 10.0 Å². The minimum absolute atomic E-state index is 0.0976. The number of sulfonamides is 1. The number of hydrogen-bond acceptors (Lipinski definition) is 3. The fraction of sp³-hybridized carbons (Fsp3) is 0.480. The van der Waals surface area contributed by atoms with E-state index in [2.05, 4.69) is 0 Å². The minimum atomic E-state index is -3.47. The Hall–Kier alpha value is -1.98. The Bertz CT molecular complexity index is 998. The Balaban J connectivity index is 1.55. The number of ketones is 1. The lowest BCUT2D eigenvalue weighted by molar-refractivity contribution is 0.101. The van der Waals surface area contributed by atoms with Crippen LogP contribution in [-0.4, -0.2) is 31.6 Å². The van der Waals surface area contributed by atoms with Crippen LogP contribution in [0.15, 0.2) is 48.5 Å². The third-order valence-electron chi connectivity index (χ3n) is 7.02. The molecule has 160 valence electrons. The third-order valence-corrected chi connectivity index (χ3v) is 8.85. The molecule has 0 radical (unpaired) electrons. The molecule has 1 spiro atoms. The molecule has 4 rings (SSSR count). The molecule has 2 fully saturated rings. The average Bonchev–Trinajstić information content (AvgIpc) is 2.75. The highest BCUT2D eigenvalue weighted by Gasteiger charge is 2.38. The average molecular weight is 426 g/mol. The van der Waals surface area contributed by atoms with Gasteiger partial charge in [0.15, 0.2) is 5.78 Å². The fourth-order valence-corrected chi connectivity index (χ4v) is 6.75. The van der Waals surface area contributed by atoms with Gasteiger partial charge < -0.3 is 0 Å². The van der Waals surface area contributed by atoms with Crippen LogP contribution in [0.1, 0.15) is 67.8 Å². The predicted molar refractivity (Wildman–Crippen MR) is 121 cm³/mol. The van der Waals surface area contributed by atoms with E-state index in [9.17, 15) is 13.2 Å². The molecule has 0 atom stereocenters. The molecule has 0 amide bonds. The van der Waals surface area contributed by atoms with Crippen molar-refractivity contribution >= 4 is 15.8 Å². The van der Waals surface area contributed by atoms with Gasteiger partial charge in [-0.25, -0.2) is 12.7 Å². The van der Waals surface area contributed by atoms with Crippen LogP contribution in [0, 0.1) is 5.41 Å². The lowest BCUT2D eigenvalue weighted by Crippen LogP contribution is -2.44. The van der Waals surface area contributed by atoms with E-state index >= 15 is 0 Å². The molecule has 1 saturated carbocycles. The third kappa shape index (κ3) is 4.52. The van der Waals surface area contributed by atoms with Crippen molar-refractivity contribution in [2.24, 2.45) is 5.41 Å². The Kier molecular flexibility index (Phi) is 6.12. The van der Waals surface area contributed by atoms with Crippen molar-refractivity contribution < 1.29 is 13.2 Å². The number of carbonyl (C=O) groups is 1. The second-order valence-electron chi connectivity index (χ2n) is 9.01. The molecule has 1 aliphatic carbocycles. The van der Waals surface area contributed by atoms with Gasteiger partial charge in [0.1, 0.15) is 0 Å². The molecular formula is C25H31NO3S. The summed E-state index contributed by atoms with van der Waals surface area (Å²) < 4.78 is 28.2. The molecule has 0 N–H and O–H groups in total. The van der Waals surface area contributed by atoms with Crippen LogP contribution in [0.5, 0.6) is 0 Å². The maximum atomic E-state index is 13.3. The maximum Gasteiger partial charge on any atom is 0.218 e. The van der Waals surface area contributed by atoms with Gasteiger partial charge in [0.05, 0.1) is 5.75 Å². The number of hydrogen-bond donors (Lipinski definition) is 0. The summed E-state index contributed by atoms with van der Waals surface area (Å²) in [5.41, 5.74) is 3.41. The van der Waals surface area contributed by atoms with Crippen LogP contribution in [0.2, 0.25) is 0 Å². The van der Waals surface area contributed by atoms with Crippen LogP contribution in [-0.2, 0) is 15.8 Å². The van der Waals surface area contributed by atoms with Crippen LogP contribution < -0.4 is 0 Å². The van der Waals surface area contributed by atoms with Gasteiger partial charge >= 0.3 is 0 Å². The molecule has 2 aromatic carbocycles. The van der Waals surface area contributed by atoms with Crippen molar-refractivity contribution in [1.29, 1.82) is 0 Å². The van der Waals surface area contributed by atoms with Crippen molar-refractivity contribution in [3.8, 4) is 11.1 Å². The van der Waals surface area contributed by atoms with Crippen molar-refractivity contribution in [1.82, 2.24) is 4.31 Å². The summed E-state index contributed by atoms with van der Waals surface area (Å²) in [6.45, 7) is 2.72. The van der Waals surface area contributed by atoms with E-state index in [1.165, 1.54) is 39.0 Å². The van der Waals surface area contributed by atoms with Crippen LogP contribution in [0.3, 0.4) is 0 Å². The highest BCUT2D eigenvalue weighted by atomic mass is 32.2. The van der Waals surface area contributed by atoms with Gasteiger partial charge in [-0.2, -0.15) is 0 Å². The molecule has 2 aromatic rings. The first-order chi connectivity index (χ1) is 14.4. The standard InChI is InChI=1S/C25H31NO3S/c1-20(27)24-11-10-22(21-8-4-2-5-9-21)18-23(24)19-30(28,29)26-16-14-25(15-17-26)12-6-3-7-13-25/h2,4-5,8-11,18H,3,6-7,12-17,19H2,1H3. The second kappa shape index (κ2) is 8.64. The topological polar surface area (TPSA) is 54.5 Å². The summed E-state index contributed by atoms with van der Waals surface area (Å²) in [4.78, 5) is 12.2. The van der Waals surface area contributed by atoms with Gasteiger partial charge in [-0.15, -0.1) is 0 Å². The summed E-state index contributed by atoms with van der Waals surface area (Å²) in [7, 11) is -3.47. The maximum absolute atomic E-state index is 13.3. The molecule has 0 bridgehead atoms. The molecule has 1 saturated heterocycles. The zero-order valence-electron chi connectivity index (χ0n) is 17.8. The molecule has 0 aromatic heterocycles. The number of piperidine rings is 1. The highest BCUT2D eigenvalue weighted by Crippen LogP contribution is 2.45. The molecular weight excluding hydrogens is 394 g/mol. The zero-order chi connectivity index (χ0) is 21.2. The Morgan fingerprint density at radius 3 is 2.20 bits per heavy atom. The summed E-state index contributed by atoms with van der Waals surface area (Å²) in [5.74, 6) is -0.213. The molecule has 0 unspecified atom stereocenters. The SMILES string of the molecule is CC(=O)c1ccc(-c2ccccc2)cc1CS(=O)(=O)N1CCC2(CCCCC2)CC1. The molecule has 2 aliphatic rings. The summed E-state index contributed by atoms with van der Waals surface area (Å²) in [6, 6.07) is 15.4. The lowest BCUT2D eigenvalue weighted by Gasteiger charge is -2.43. The van der Waals surface area contributed by atoms with Gasteiger partial charge in [0, 0.05) is 18.7 Å². The first-order valence-corrected chi connectivity index (χ1v) is 12.7. The van der Waals surface area contributed by atoms with E-state index in [-0.39, 0.29) is 11.5 Å². The van der Waals surface area contributed by atoms with Crippen LogP contribution >= 0.6 is 0 Å². The molecule has 1 heterocycles. The van der Waals surface area contributed by atoms with E-state index in [1.54, 1.807) is 10.4 Å². The van der Waals surface area contributed by atoms with E-state index < -0.39 is 10.0 Å². The van der Waals surface area contributed by atoms with Crippen molar-refractivity contribution in [2.45, 2.75) is 57.6 Å². The zero-order valence-corrected chi connectivity index (χ0v) is 18.6. The van der Waals surface area contributed by atoms with Gasteiger partial charge in [-0.05, 0) is 60.8 Å². The van der Waals surface area contributed by atoms with Gasteiger partial charge in [0.25, 0.3) is 0 Å². The largest absolute Gasteiger partial charge is 0.295 e. The van der Waals surface area contributed by atoms with Gasteiger partial charge in [-0.3, -0.25) is 4.79 Å². The van der Waals surface area contributed by atoms with Crippen LogP contribution in [0.25, 0.3) is 11.1 Å². The molecule has 30 heavy (non-hydrogen) atoms. The first kappa shape index (κ1) is 21.3. The van der Waals surface area contributed by atoms with Crippen molar-refractivity contribution in [2.75, 3.05) is 13.1 Å². The molecule has 5 heteroatoms. The van der Waals surface area contributed by atoms with E-state index in [0.29, 0.717) is 29.6 Å². The number of rotatable bonds is 5. The monoisotopic (exact) mass is 425 g/mol. The first-order valence-electron chi connectivity index (χ1n) is 11.1. The lowest BCUT2D eigenvalue weighted by atomic mass is 9.68. The number of Topliss-reactive ketones (excluding diaryl/α,β-unsaturated/α-hetero) is 1. The number of benzene rings is 2. The smallest absolute Gasteiger partial charge is 0.218 e. The Morgan fingerprint density at radius 2 is 1.57 bits per heavy atom. The predicted octanol–water partition coefficient (Wildman–Crippen LogP) is 5.43. The van der Waals surface area contributed by atoms with Crippen molar-refractivity contribution in [3.05, 3.63) is 59.7 Å². The molecule has 4 nitrogen and oxygen atoms in total. The number of carbonyl (C=O) groups excluding carboxylic acids is 1. The quantitative estimate of drug-likeness (QED) is 0.600. The van der Waals surface area contributed by atoms with Crippen LogP contribution in [0.4, 0.5) is 0 Å². The summed E-state index contributed by atoms with van der Waals surface area (Å²) >= 11 is 0. The van der Waals surface area contributed by atoms with Gasteiger partial charge in [-0.1, -0.05) is 61.7 Å². The summed E-state index contributed by atoms with van der Waals surface area (Å²) in [6.07, 6.45) is 8.30. The van der Waals surface area contributed by atoms with Crippen molar-refractivity contribution in [3.63, 3.8) is 0 Å². The summed E-state index contributed by atoms with van der Waals surface area (Å²) in [5, 5.41) is 0. The Morgan fingerprint density at radius 1 is 0.900 bits per heavy atom. The molecule has 1 aliphatic heterocycles. The Labute approximate surface area is 180 Å². The van der Waals surface area contributed by atoms with E-state index in [4.69, 9.17) is 0 Å². The normalized spacial score (nSPS) is 19.6. The van der Waals surface area contributed by atoms with E-state index in [1.807, 2.05) is 42.5 Å². The minimum Gasteiger partial charge on any atom is -0.295 e.